The first-order chi connectivity index (χ1) is 11.7. The van der Waals surface area contributed by atoms with Gasteiger partial charge in [0.1, 0.15) is 0 Å². The molecule has 4 heteroatoms. The van der Waals surface area contributed by atoms with Gasteiger partial charge in [-0.3, -0.25) is 9.59 Å². The van der Waals surface area contributed by atoms with Crippen LogP contribution in [0.15, 0.2) is 23.1 Å². The Kier molecular flexibility index (Phi) is 10.1. The molecule has 0 aromatic rings. The number of nitrogens with one attached hydrogen (secondary N) is 1. The number of ketones is 2. The maximum Gasteiger partial charge on any atom is 0.222 e. The number of carbonyl (C=O) groups excluding carboxylic acids is 2. The predicted molar refractivity (Wildman–Crippen MR) is 97.7 cm³/mol. The van der Waals surface area contributed by atoms with Crippen LogP contribution >= 0.6 is 0 Å². The second kappa shape index (κ2) is 11.9. The molecule has 136 valence electrons. The highest BCUT2D eigenvalue weighted by atomic mass is 16.5. The van der Waals surface area contributed by atoms with Gasteiger partial charge in [0, 0.05) is 18.2 Å². The molecule has 0 spiro atoms. The summed E-state index contributed by atoms with van der Waals surface area (Å²) in [6, 6.07) is 0. The standard InChI is InChI=1S/C20H33NO3/c1-4-6-8-9-10-11-12-13-16-19(23)17(21-14-7-5-2)15-18(22)20(16)24-3/h15,21H,4-14H2,1-3H3. The van der Waals surface area contributed by atoms with Crippen LogP contribution in [0.5, 0.6) is 0 Å². The molecule has 0 saturated carbocycles. The summed E-state index contributed by atoms with van der Waals surface area (Å²) in [5.41, 5.74) is 0.963. The lowest BCUT2D eigenvalue weighted by atomic mass is 9.93. The first-order valence-electron chi connectivity index (χ1n) is 9.47. The molecule has 0 bridgehead atoms. The summed E-state index contributed by atoms with van der Waals surface area (Å²) in [6.07, 6.45) is 12.3. The molecule has 0 atom stereocenters. The summed E-state index contributed by atoms with van der Waals surface area (Å²) in [5.74, 6) is -0.0467. The van der Waals surface area contributed by atoms with Crippen molar-refractivity contribution in [2.24, 2.45) is 0 Å². The van der Waals surface area contributed by atoms with Gasteiger partial charge in [-0.15, -0.1) is 0 Å². The number of hydrogen-bond donors (Lipinski definition) is 1. The molecule has 0 heterocycles. The van der Waals surface area contributed by atoms with Crippen molar-refractivity contribution in [3.8, 4) is 0 Å². The normalized spacial score (nSPS) is 14.9. The Morgan fingerprint density at radius 2 is 1.54 bits per heavy atom. The van der Waals surface area contributed by atoms with Gasteiger partial charge in [0.2, 0.25) is 11.6 Å². The molecule has 0 aromatic carbocycles. The Hall–Kier alpha value is -1.58. The maximum atomic E-state index is 12.6. The van der Waals surface area contributed by atoms with Crippen molar-refractivity contribution >= 4 is 11.6 Å². The zero-order valence-corrected chi connectivity index (χ0v) is 15.6. The maximum absolute atomic E-state index is 12.6. The average Bonchev–Trinajstić information content (AvgIpc) is 2.57. The Morgan fingerprint density at radius 1 is 0.917 bits per heavy atom. The van der Waals surface area contributed by atoms with Crippen LogP contribution in [0.2, 0.25) is 0 Å². The highest BCUT2D eigenvalue weighted by Gasteiger charge is 2.28. The van der Waals surface area contributed by atoms with Crippen molar-refractivity contribution in [3.05, 3.63) is 23.1 Å². The topological polar surface area (TPSA) is 55.4 Å². The molecule has 0 aromatic heterocycles. The third-order valence-electron chi connectivity index (χ3n) is 4.37. The number of allylic oxidation sites excluding steroid dienone is 2. The summed E-state index contributed by atoms with van der Waals surface area (Å²) >= 11 is 0. The van der Waals surface area contributed by atoms with Crippen molar-refractivity contribution in [1.82, 2.24) is 5.32 Å². The van der Waals surface area contributed by atoms with Gasteiger partial charge in [0.05, 0.1) is 12.8 Å². The Labute approximate surface area is 146 Å². The molecule has 0 amide bonds. The number of ether oxygens (including phenoxy) is 1. The molecule has 24 heavy (non-hydrogen) atoms. The Morgan fingerprint density at radius 3 is 2.17 bits per heavy atom. The van der Waals surface area contributed by atoms with E-state index in [2.05, 4.69) is 19.2 Å². The van der Waals surface area contributed by atoms with E-state index in [1.807, 2.05) is 0 Å². The van der Waals surface area contributed by atoms with Gasteiger partial charge in [0.25, 0.3) is 0 Å². The van der Waals surface area contributed by atoms with Gasteiger partial charge in [-0.25, -0.2) is 0 Å². The highest BCUT2D eigenvalue weighted by molar-refractivity contribution is 6.21. The van der Waals surface area contributed by atoms with Crippen LogP contribution in [0.1, 0.15) is 78.1 Å². The number of hydrogen-bond acceptors (Lipinski definition) is 4. The first-order valence-corrected chi connectivity index (χ1v) is 9.47. The molecule has 1 aliphatic carbocycles. The Balaban J connectivity index is 2.54. The predicted octanol–water partition coefficient (Wildman–Crippen LogP) is 4.45. The van der Waals surface area contributed by atoms with Gasteiger partial charge in [-0.05, 0) is 19.3 Å². The van der Waals surface area contributed by atoms with Crippen LogP contribution in [0.25, 0.3) is 0 Å². The minimum absolute atomic E-state index is 0.0754. The quantitative estimate of drug-likeness (QED) is 0.399. The van der Waals surface area contributed by atoms with Crippen molar-refractivity contribution in [3.63, 3.8) is 0 Å². The second-order valence-electron chi connectivity index (χ2n) is 6.41. The van der Waals surface area contributed by atoms with Crippen LogP contribution in [-0.2, 0) is 14.3 Å². The summed E-state index contributed by atoms with van der Waals surface area (Å²) in [6.45, 7) is 5.03. The SMILES string of the molecule is CCCCCCCCCC1=C(OC)C(=O)C=C(NCCCC)C1=O. The fourth-order valence-electron chi connectivity index (χ4n) is 2.92. The third-order valence-corrected chi connectivity index (χ3v) is 4.37. The van der Waals surface area contributed by atoms with Crippen LogP contribution in [0.3, 0.4) is 0 Å². The molecule has 1 aliphatic rings. The van der Waals surface area contributed by atoms with Crippen molar-refractivity contribution in [2.45, 2.75) is 78.1 Å². The van der Waals surface area contributed by atoms with Gasteiger partial charge >= 0.3 is 0 Å². The van der Waals surface area contributed by atoms with Crippen molar-refractivity contribution < 1.29 is 14.3 Å². The Bertz CT molecular complexity index is 477. The first kappa shape index (κ1) is 20.5. The lowest BCUT2D eigenvalue weighted by Crippen LogP contribution is -2.29. The largest absolute Gasteiger partial charge is 0.492 e. The monoisotopic (exact) mass is 335 g/mol. The smallest absolute Gasteiger partial charge is 0.222 e. The van der Waals surface area contributed by atoms with E-state index in [9.17, 15) is 9.59 Å². The number of Topliss-reactive ketones (excluding diaryl/α,β-unsaturated/α-hetero) is 1. The molecule has 1 N–H and O–H groups in total. The molecule has 0 radical (unpaired) electrons. The van der Waals surface area contributed by atoms with E-state index in [0.717, 1.165) is 25.7 Å². The van der Waals surface area contributed by atoms with Crippen LogP contribution in [0, 0.1) is 0 Å². The fourth-order valence-corrected chi connectivity index (χ4v) is 2.92. The third kappa shape index (κ3) is 6.50. The van der Waals surface area contributed by atoms with E-state index in [-0.39, 0.29) is 17.3 Å². The van der Waals surface area contributed by atoms with Crippen LogP contribution < -0.4 is 5.32 Å². The molecular formula is C20H33NO3. The molecule has 0 unspecified atom stereocenters. The van der Waals surface area contributed by atoms with E-state index in [1.54, 1.807) is 0 Å². The fraction of sp³-hybridized carbons (Fsp3) is 0.700. The number of carbonyl (C=O) groups is 2. The van der Waals surface area contributed by atoms with Gasteiger partial charge in [-0.1, -0.05) is 58.8 Å². The van der Waals surface area contributed by atoms with E-state index in [1.165, 1.54) is 45.3 Å². The van der Waals surface area contributed by atoms with Crippen LogP contribution in [0.4, 0.5) is 0 Å². The average molecular weight is 335 g/mol. The minimum atomic E-state index is -0.200. The van der Waals surface area contributed by atoms with E-state index < -0.39 is 0 Å². The second-order valence-corrected chi connectivity index (χ2v) is 6.41. The molecule has 0 fully saturated rings. The summed E-state index contributed by atoms with van der Waals surface area (Å²) in [4.78, 5) is 24.8. The van der Waals surface area contributed by atoms with Gasteiger partial charge in [0.15, 0.2) is 5.76 Å². The molecule has 0 aliphatic heterocycles. The number of rotatable bonds is 13. The highest BCUT2D eigenvalue weighted by Crippen LogP contribution is 2.24. The minimum Gasteiger partial charge on any atom is -0.492 e. The molecule has 0 saturated heterocycles. The number of unbranched alkanes of at least 4 members (excludes halogenated alkanes) is 7. The summed E-state index contributed by atoms with van der Waals surface area (Å²) in [7, 11) is 1.47. The molecule has 4 nitrogen and oxygen atoms in total. The number of methoxy groups -OCH3 is 1. The van der Waals surface area contributed by atoms with Crippen molar-refractivity contribution in [2.75, 3.05) is 13.7 Å². The molecule has 1 rings (SSSR count). The van der Waals surface area contributed by atoms with E-state index in [4.69, 9.17) is 4.74 Å². The van der Waals surface area contributed by atoms with E-state index >= 15 is 0 Å². The molecular weight excluding hydrogens is 302 g/mol. The van der Waals surface area contributed by atoms with Gasteiger partial charge in [-0.2, -0.15) is 0 Å². The van der Waals surface area contributed by atoms with Crippen LogP contribution in [-0.4, -0.2) is 25.2 Å². The summed E-state index contributed by atoms with van der Waals surface area (Å²) in [5, 5.41) is 3.10. The lowest BCUT2D eigenvalue weighted by molar-refractivity contribution is -0.118. The zero-order valence-electron chi connectivity index (χ0n) is 15.6. The van der Waals surface area contributed by atoms with Gasteiger partial charge < -0.3 is 10.1 Å². The lowest BCUT2D eigenvalue weighted by Gasteiger charge is -2.19. The summed E-state index contributed by atoms with van der Waals surface area (Å²) < 4.78 is 5.21. The van der Waals surface area contributed by atoms with Crippen molar-refractivity contribution in [1.29, 1.82) is 0 Å². The zero-order chi connectivity index (χ0) is 17.8. The van der Waals surface area contributed by atoms with E-state index in [0.29, 0.717) is 24.2 Å².